The maximum absolute atomic E-state index is 14.2. The van der Waals surface area contributed by atoms with Gasteiger partial charge >= 0.3 is 5.97 Å². The lowest BCUT2D eigenvalue weighted by Crippen LogP contribution is -2.55. The van der Waals surface area contributed by atoms with Crippen molar-refractivity contribution < 1.29 is 42.8 Å². The van der Waals surface area contributed by atoms with Gasteiger partial charge in [-0.2, -0.15) is 4.98 Å². The molecule has 5 amide bonds. The zero-order valence-corrected chi connectivity index (χ0v) is 29.7. The van der Waals surface area contributed by atoms with Crippen LogP contribution in [0.4, 0.5) is 4.39 Å². The molecule has 0 bridgehead atoms. The fourth-order valence-electron chi connectivity index (χ4n) is 6.46. The van der Waals surface area contributed by atoms with E-state index in [0.717, 1.165) is 17.2 Å². The highest BCUT2D eigenvalue weighted by Crippen LogP contribution is 2.23. The summed E-state index contributed by atoms with van der Waals surface area (Å²) < 4.78 is 19.4. The minimum atomic E-state index is -1.42. The smallest absolute Gasteiger partial charge is 0.326 e. The molecule has 282 valence electrons. The normalized spacial score (nSPS) is 21.4. The summed E-state index contributed by atoms with van der Waals surface area (Å²) in [5, 5.41) is 24.6. The Morgan fingerprint density at radius 1 is 1.02 bits per heavy atom. The number of rotatable bonds is 9. The van der Waals surface area contributed by atoms with Crippen LogP contribution in [0.5, 0.6) is 0 Å². The molecule has 0 unspecified atom stereocenters. The van der Waals surface area contributed by atoms with Crippen LogP contribution in [0.3, 0.4) is 0 Å². The van der Waals surface area contributed by atoms with Crippen LogP contribution in [0.2, 0.25) is 0 Å². The molecule has 2 fully saturated rings. The molecule has 2 aliphatic heterocycles. The fourth-order valence-corrected chi connectivity index (χ4v) is 6.46. The highest BCUT2D eigenvalue weighted by atomic mass is 19.1. The maximum atomic E-state index is 14.2. The molecule has 16 heteroatoms. The zero-order valence-electron chi connectivity index (χ0n) is 29.7. The molecule has 1 aromatic heterocycles. The molecule has 0 saturated carbocycles. The Hall–Kier alpha value is -5.67. The Morgan fingerprint density at radius 2 is 1.79 bits per heavy atom. The number of aliphatic carboxylic acids is 1. The number of nitrogens with one attached hydrogen (secondary N) is 4. The minimum Gasteiger partial charge on any atom is -0.480 e. The van der Waals surface area contributed by atoms with Crippen molar-refractivity contribution in [2.75, 3.05) is 13.1 Å². The Morgan fingerprint density at radius 3 is 2.53 bits per heavy atom. The summed E-state index contributed by atoms with van der Waals surface area (Å²) in [6, 6.07) is 7.06. The van der Waals surface area contributed by atoms with Gasteiger partial charge in [0.2, 0.25) is 35.3 Å². The van der Waals surface area contributed by atoms with Gasteiger partial charge in [0.05, 0.1) is 0 Å². The van der Waals surface area contributed by atoms with E-state index in [-0.39, 0.29) is 56.7 Å². The lowest BCUT2D eigenvalue weighted by molar-refractivity contribution is -0.145. The topological polar surface area (TPSA) is 213 Å². The molecule has 0 radical (unpaired) electrons. The van der Waals surface area contributed by atoms with Gasteiger partial charge in [-0.1, -0.05) is 35.0 Å². The second-order valence-electron chi connectivity index (χ2n) is 13.6. The van der Waals surface area contributed by atoms with Crippen LogP contribution in [0.25, 0.3) is 11.4 Å². The molecular formula is C37H44FN7O8. The summed E-state index contributed by atoms with van der Waals surface area (Å²) in [6.45, 7) is 3.76. The number of hydrogen-bond donors (Lipinski definition) is 5. The van der Waals surface area contributed by atoms with Gasteiger partial charge in [-0.25, -0.2) is 9.18 Å². The Bertz CT molecular complexity index is 1810. The lowest BCUT2D eigenvalue weighted by Gasteiger charge is -2.29. The molecule has 3 aromatic rings. The summed E-state index contributed by atoms with van der Waals surface area (Å²) in [6.07, 6.45) is 1.38. The first kappa shape index (κ1) is 38.6. The second kappa shape index (κ2) is 17.7. The molecule has 5 rings (SSSR count). The lowest BCUT2D eigenvalue weighted by atomic mass is 10.1. The van der Waals surface area contributed by atoms with E-state index in [1.165, 1.54) is 17.0 Å². The summed E-state index contributed by atoms with van der Waals surface area (Å²) in [5.41, 5.74) is 2.47. The molecule has 0 spiro atoms. The van der Waals surface area contributed by atoms with Gasteiger partial charge in [0.15, 0.2) is 0 Å². The molecule has 2 aromatic carbocycles. The van der Waals surface area contributed by atoms with Crippen LogP contribution >= 0.6 is 0 Å². The Balaban J connectivity index is 1.30. The van der Waals surface area contributed by atoms with E-state index in [0.29, 0.717) is 43.0 Å². The zero-order chi connectivity index (χ0) is 38.1. The van der Waals surface area contributed by atoms with E-state index >= 15 is 0 Å². The van der Waals surface area contributed by atoms with Crippen molar-refractivity contribution in [3.05, 3.63) is 70.9 Å². The molecular weight excluding hydrogens is 689 g/mol. The highest BCUT2D eigenvalue weighted by molar-refractivity contribution is 5.96. The van der Waals surface area contributed by atoms with Gasteiger partial charge in [-0.15, -0.1) is 0 Å². The predicted molar refractivity (Wildman–Crippen MR) is 188 cm³/mol. The molecule has 4 atom stereocenters. The van der Waals surface area contributed by atoms with Crippen molar-refractivity contribution in [1.82, 2.24) is 36.3 Å². The van der Waals surface area contributed by atoms with E-state index < -0.39 is 59.6 Å². The number of amides is 5. The third-order valence-corrected chi connectivity index (χ3v) is 9.25. The number of carboxylic acids is 1. The Kier molecular flexibility index (Phi) is 12.9. The van der Waals surface area contributed by atoms with Gasteiger partial charge in [0.1, 0.15) is 23.9 Å². The fraction of sp³-hybridized carbons (Fsp3) is 0.459. The number of hydrogen-bond acceptors (Lipinski definition) is 9. The number of carbonyl (C=O) groups excluding carboxylic acids is 5. The molecule has 0 aliphatic carbocycles. The SMILES string of the molecule is Cc1ccc(-c2noc(CCCC(=O)N[C@H]3CCCCNC(=O)CC[C@@H](C(=O)O)NC(=O)[C@@H]4C[C@@H](NC(=O)c5cc(C)cc(F)c5)CN4C3=O)n2)cc1. The third-order valence-electron chi connectivity index (χ3n) is 9.25. The molecule has 15 nitrogen and oxygen atoms in total. The molecule has 2 saturated heterocycles. The Labute approximate surface area is 305 Å². The van der Waals surface area contributed by atoms with Crippen LogP contribution < -0.4 is 21.3 Å². The number of fused-ring (bicyclic) bond motifs is 1. The molecule has 2 aliphatic rings. The van der Waals surface area contributed by atoms with E-state index in [1.54, 1.807) is 6.92 Å². The molecule has 5 N–H and O–H groups in total. The van der Waals surface area contributed by atoms with Crippen molar-refractivity contribution in [2.24, 2.45) is 0 Å². The van der Waals surface area contributed by atoms with Crippen molar-refractivity contribution in [3.63, 3.8) is 0 Å². The average molecular weight is 734 g/mol. The van der Waals surface area contributed by atoms with Crippen molar-refractivity contribution in [2.45, 2.75) is 95.8 Å². The van der Waals surface area contributed by atoms with Gasteiger partial charge in [-0.3, -0.25) is 24.0 Å². The molecule has 3 heterocycles. The van der Waals surface area contributed by atoms with Crippen molar-refractivity contribution in [1.29, 1.82) is 0 Å². The summed E-state index contributed by atoms with van der Waals surface area (Å²) >= 11 is 0. The van der Waals surface area contributed by atoms with E-state index in [9.17, 15) is 38.3 Å². The first-order valence-corrected chi connectivity index (χ1v) is 17.7. The average Bonchev–Trinajstić information content (AvgIpc) is 3.76. The summed E-state index contributed by atoms with van der Waals surface area (Å²) in [5.74, 6) is -3.95. The first-order chi connectivity index (χ1) is 25.4. The number of benzene rings is 2. The first-order valence-electron chi connectivity index (χ1n) is 17.7. The number of carboxylic acid groups (broad SMARTS) is 1. The maximum Gasteiger partial charge on any atom is 0.326 e. The molecule has 53 heavy (non-hydrogen) atoms. The summed E-state index contributed by atoms with van der Waals surface area (Å²) in [7, 11) is 0. The predicted octanol–water partition coefficient (Wildman–Crippen LogP) is 2.35. The third kappa shape index (κ3) is 10.7. The van der Waals surface area contributed by atoms with E-state index in [2.05, 4.69) is 31.4 Å². The van der Waals surface area contributed by atoms with E-state index in [4.69, 9.17) is 4.52 Å². The monoisotopic (exact) mass is 733 g/mol. The quantitative estimate of drug-likeness (QED) is 0.217. The van der Waals surface area contributed by atoms with Gasteiger partial charge in [0, 0.05) is 49.5 Å². The minimum absolute atomic E-state index is 0.0258. The van der Waals surface area contributed by atoms with Gasteiger partial charge < -0.3 is 35.8 Å². The van der Waals surface area contributed by atoms with Crippen LogP contribution in [0.1, 0.15) is 78.7 Å². The van der Waals surface area contributed by atoms with E-state index in [1.807, 2.05) is 31.2 Å². The van der Waals surface area contributed by atoms with Crippen LogP contribution in [0, 0.1) is 19.7 Å². The number of aryl methyl sites for hydroxylation is 3. The van der Waals surface area contributed by atoms with Crippen molar-refractivity contribution >= 4 is 35.5 Å². The van der Waals surface area contributed by atoms with Crippen molar-refractivity contribution in [3.8, 4) is 11.4 Å². The van der Waals surface area contributed by atoms with Gasteiger partial charge in [0.25, 0.3) is 5.91 Å². The number of nitrogens with zero attached hydrogens (tertiary/aromatic N) is 3. The second-order valence-corrected chi connectivity index (χ2v) is 13.6. The highest BCUT2D eigenvalue weighted by Gasteiger charge is 2.43. The number of aromatic nitrogens is 2. The standard InChI is InChI=1S/C37H44FN7O8/c1-21-9-11-23(12-10-21)33-43-32(53-44-33)8-5-7-31(47)41-27-6-3-4-15-39-30(46)14-13-28(37(51)52)42-35(49)29-19-26(20-45(29)36(27)50)40-34(48)24-16-22(2)17-25(38)18-24/h9-12,16-18,26-29H,3-8,13-15,19-20H2,1-2H3,(H,39,46)(H,40,48)(H,41,47)(H,42,49)(H,51,52)/t26-,27+,28+,29+/m1/s1. The number of carbonyl (C=O) groups is 6. The van der Waals surface area contributed by atoms with Crippen LogP contribution in [0.15, 0.2) is 47.0 Å². The van der Waals surface area contributed by atoms with Gasteiger partial charge in [-0.05, 0) is 76.1 Å². The summed E-state index contributed by atoms with van der Waals surface area (Å²) in [4.78, 5) is 84.3. The largest absolute Gasteiger partial charge is 0.480 e. The van der Waals surface area contributed by atoms with Crippen LogP contribution in [-0.4, -0.2) is 92.9 Å². The number of halogens is 1. The van der Waals surface area contributed by atoms with Crippen LogP contribution in [-0.2, 0) is 30.4 Å².